The Balaban J connectivity index is 1.98. The summed E-state index contributed by atoms with van der Waals surface area (Å²) in [6, 6.07) is 12.6. The molecule has 152 valence electrons. The van der Waals surface area contributed by atoms with Gasteiger partial charge < -0.3 is 10.0 Å². The van der Waals surface area contributed by atoms with Gasteiger partial charge in [0.25, 0.3) is 0 Å². The van der Waals surface area contributed by atoms with E-state index in [9.17, 15) is 18.5 Å². The first-order valence-electron chi connectivity index (χ1n) is 8.99. The molecule has 1 aliphatic rings. The highest BCUT2D eigenvalue weighted by Crippen LogP contribution is 2.37. The fourth-order valence-electron chi connectivity index (χ4n) is 3.06. The van der Waals surface area contributed by atoms with Crippen molar-refractivity contribution in [3.63, 3.8) is 0 Å². The first-order valence-corrected chi connectivity index (χ1v) is 11.3. The van der Waals surface area contributed by atoms with E-state index in [-0.39, 0.29) is 36.6 Å². The van der Waals surface area contributed by atoms with Gasteiger partial charge >= 0.3 is 6.09 Å². The molecular formula is C20H21N3O4S2. The highest BCUT2D eigenvalue weighted by molar-refractivity contribution is 8.00. The number of carboxylic acid groups (broad SMARTS) is 1. The average Bonchev–Trinajstić information content (AvgIpc) is 2.71. The van der Waals surface area contributed by atoms with Crippen molar-refractivity contribution in [3.05, 3.63) is 53.1 Å². The normalized spacial score (nSPS) is 15.1. The van der Waals surface area contributed by atoms with Gasteiger partial charge in [-0.1, -0.05) is 23.9 Å². The van der Waals surface area contributed by atoms with Crippen LogP contribution in [-0.4, -0.2) is 55.0 Å². The van der Waals surface area contributed by atoms with Crippen molar-refractivity contribution >= 4 is 27.9 Å². The summed E-state index contributed by atoms with van der Waals surface area (Å²) in [5.41, 5.74) is 2.36. The molecule has 1 heterocycles. The largest absolute Gasteiger partial charge is 0.465 e. The monoisotopic (exact) mass is 431 g/mol. The lowest BCUT2D eigenvalue weighted by molar-refractivity contribution is 0.126. The van der Waals surface area contributed by atoms with Crippen LogP contribution in [0.25, 0.3) is 0 Å². The number of hydrogen-bond acceptors (Lipinski definition) is 5. The van der Waals surface area contributed by atoms with E-state index in [1.807, 2.05) is 38.1 Å². The van der Waals surface area contributed by atoms with Crippen molar-refractivity contribution in [1.29, 1.82) is 5.26 Å². The maximum absolute atomic E-state index is 13.3. The Bertz CT molecular complexity index is 1090. The van der Waals surface area contributed by atoms with E-state index in [1.54, 1.807) is 12.1 Å². The second-order valence-electron chi connectivity index (χ2n) is 6.82. The Morgan fingerprint density at radius 3 is 2.38 bits per heavy atom. The Hall–Kier alpha value is -2.54. The third-order valence-corrected chi connectivity index (χ3v) is 8.07. The van der Waals surface area contributed by atoms with Crippen LogP contribution in [0.2, 0.25) is 0 Å². The number of carbonyl (C=O) groups is 1. The van der Waals surface area contributed by atoms with Gasteiger partial charge in [0.2, 0.25) is 10.0 Å². The lowest BCUT2D eigenvalue weighted by Crippen LogP contribution is -2.50. The first kappa shape index (κ1) is 21.2. The van der Waals surface area contributed by atoms with Crippen LogP contribution in [0.5, 0.6) is 0 Å². The molecule has 7 nitrogen and oxygen atoms in total. The van der Waals surface area contributed by atoms with Crippen molar-refractivity contribution in [3.8, 4) is 6.07 Å². The molecule has 1 N–H and O–H groups in total. The Labute approximate surface area is 174 Å². The van der Waals surface area contributed by atoms with Crippen LogP contribution >= 0.6 is 11.8 Å². The van der Waals surface area contributed by atoms with Gasteiger partial charge in [-0.2, -0.15) is 9.57 Å². The van der Waals surface area contributed by atoms with E-state index in [0.717, 1.165) is 16.0 Å². The minimum Gasteiger partial charge on any atom is -0.465 e. The lowest BCUT2D eigenvalue weighted by atomic mass is 10.2. The molecule has 1 amide bonds. The third-order valence-electron chi connectivity index (χ3n) is 4.76. The molecule has 0 aromatic heterocycles. The van der Waals surface area contributed by atoms with Gasteiger partial charge in [0, 0.05) is 36.0 Å². The number of benzene rings is 2. The summed E-state index contributed by atoms with van der Waals surface area (Å²) in [7, 11) is -3.88. The molecule has 0 unspecified atom stereocenters. The van der Waals surface area contributed by atoms with Gasteiger partial charge in [0.05, 0.1) is 16.5 Å². The number of piperazine rings is 1. The minimum absolute atomic E-state index is 0.0752. The molecule has 29 heavy (non-hydrogen) atoms. The topological polar surface area (TPSA) is 102 Å². The molecule has 3 rings (SSSR count). The molecule has 0 radical (unpaired) electrons. The molecule has 1 saturated heterocycles. The zero-order valence-corrected chi connectivity index (χ0v) is 17.8. The van der Waals surface area contributed by atoms with Crippen molar-refractivity contribution in [2.75, 3.05) is 26.2 Å². The quantitative estimate of drug-likeness (QED) is 0.797. The molecular weight excluding hydrogens is 410 g/mol. The standard InChI is InChI=1S/C20H21N3O4S2/c1-14-3-4-15(2)18(11-14)28-17-6-5-16(13-21)12-19(17)29(26,27)23-9-7-22(8-10-23)20(24)25/h3-6,11-12H,7-10H2,1-2H3,(H,24,25). The van der Waals surface area contributed by atoms with Gasteiger partial charge in [-0.25, -0.2) is 13.2 Å². The number of rotatable bonds is 4. The van der Waals surface area contributed by atoms with Crippen LogP contribution in [-0.2, 0) is 10.0 Å². The molecule has 0 saturated carbocycles. The molecule has 0 spiro atoms. The Morgan fingerprint density at radius 2 is 1.76 bits per heavy atom. The van der Waals surface area contributed by atoms with Gasteiger partial charge in [0.1, 0.15) is 0 Å². The second kappa shape index (κ2) is 8.45. The van der Waals surface area contributed by atoms with Crippen LogP contribution in [0.15, 0.2) is 51.1 Å². The van der Waals surface area contributed by atoms with E-state index in [4.69, 9.17) is 5.11 Å². The smallest absolute Gasteiger partial charge is 0.407 e. The van der Waals surface area contributed by atoms with Crippen LogP contribution in [0.4, 0.5) is 4.79 Å². The number of aryl methyl sites for hydroxylation is 2. The Morgan fingerprint density at radius 1 is 1.07 bits per heavy atom. The summed E-state index contributed by atoms with van der Waals surface area (Å²) >= 11 is 1.35. The summed E-state index contributed by atoms with van der Waals surface area (Å²) in [5, 5.41) is 18.3. The van der Waals surface area contributed by atoms with Crippen LogP contribution in [0, 0.1) is 25.2 Å². The van der Waals surface area contributed by atoms with Gasteiger partial charge in [-0.15, -0.1) is 0 Å². The van der Waals surface area contributed by atoms with E-state index in [1.165, 1.54) is 27.0 Å². The number of sulfonamides is 1. The molecule has 0 bridgehead atoms. The second-order valence-corrected chi connectivity index (χ2v) is 9.81. The average molecular weight is 432 g/mol. The number of hydrogen-bond donors (Lipinski definition) is 1. The number of nitriles is 1. The van der Waals surface area contributed by atoms with Gasteiger partial charge in [0.15, 0.2) is 0 Å². The summed E-state index contributed by atoms with van der Waals surface area (Å²) in [6.45, 7) is 4.34. The van der Waals surface area contributed by atoms with E-state index < -0.39 is 16.1 Å². The fraction of sp³-hybridized carbons (Fsp3) is 0.300. The molecule has 1 fully saturated rings. The van der Waals surface area contributed by atoms with E-state index in [0.29, 0.717) is 4.90 Å². The van der Waals surface area contributed by atoms with E-state index >= 15 is 0 Å². The molecule has 0 aliphatic carbocycles. The summed E-state index contributed by atoms with van der Waals surface area (Å²) in [6.07, 6.45) is -1.06. The van der Waals surface area contributed by atoms with Crippen molar-refractivity contribution in [1.82, 2.24) is 9.21 Å². The summed E-state index contributed by atoms with van der Waals surface area (Å²) in [4.78, 5) is 13.9. The molecule has 2 aromatic rings. The number of amides is 1. The highest BCUT2D eigenvalue weighted by atomic mass is 32.2. The van der Waals surface area contributed by atoms with Crippen molar-refractivity contribution < 1.29 is 18.3 Å². The van der Waals surface area contributed by atoms with Gasteiger partial charge in [-0.3, -0.25) is 0 Å². The molecule has 2 aromatic carbocycles. The molecule has 9 heteroatoms. The zero-order valence-electron chi connectivity index (χ0n) is 16.1. The summed E-state index contributed by atoms with van der Waals surface area (Å²) in [5.74, 6) is 0. The maximum Gasteiger partial charge on any atom is 0.407 e. The number of nitrogens with zero attached hydrogens (tertiary/aromatic N) is 3. The van der Waals surface area contributed by atoms with Crippen molar-refractivity contribution in [2.45, 2.75) is 28.5 Å². The Kier molecular flexibility index (Phi) is 6.17. The first-order chi connectivity index (χ1) is 13.7. The molecule has 1 aliphatic heterocycles. The van der Waals surface area contributed by atoms with Crippen LogP contribution in [0.1, 0.15) is 16.7 Å². The van der Waals surface area contributed by atoms with Crippen molar-refractivity contribution in [2.24, 2.45) is 0 Å². The van der Waals surface area contributed by atoms with E-state index in [2.05, 4.69) is 0 Å². The fourth-order valence-corrected chi connectivity index (χ4v) is 6.03. The maximum atomic E-state index is 13.3. The SMILES string of the molecule is Cc1ccc(C)c(Sc2ccc(C#N)cc2S(=O)(=O)N2CCN(C(=O)O)CC2)c1. The zero-order chi connectivity index (χ0) is 21.2. The highest BCUT2D eigenvalue weighted by Gasteiger charge is 2.32. The van der Waals surface area contributed by atoms with Gasteiger partial charge in [-0.05, 0) is 49.2 Å². The molecule has 0 atom stereocenters. The predicted octanol–water partition coefficient (Wildman–Crippen LogP) is 3.31. The summed E-state index contributed by atoms with van der Waals surface area (Å²) < 4.78 is 28.0. The lowest BCUT2D eigenvalue weighted by Gasteiger charge is -2.32. The third kappa shape index (κ3) is 4.56. The van der Waals surface area contributed by atoms with Crippen LogP contribution in [0.3, 0.4) is 0 Å². The predicted molar refractivity (Wildman–Crippen MR) is 110 cm³/mol. The van der Waals surface area contributed by atoms with Crippen LogP contribution < -0.4 is 0 Å². The minimum atomic E-state index is -3.88.